The molecule has 2 aromatic rings. The molecule has 0 saturated heterocycles. The zero-order valence-corrected chi connectivity index (χ0v) is 13.9. The van der Waals surface area contributed by atoms with Crippen LogP contribution in [0.15, 0.2) is 48.5 Å². The molecule has 1 N–H and O–H groups in total. The number of rotatable bonds is 3. The van der Waals surface area contributed by atoms with Crippen molar-refractivity contribution < 1.29 is 13.2 Å². The van der Waals surface area contributed by atoms with Crippen LogP contribution in [0.25, 0.3) is 0 Å². The molecule has 1 aliphatic rings. The van der Waals surface area contributed by atoms with Crippen LogP contribution in [0.3, 0.4) is 0 Å². The molecule has 1 atom stereocenters. The fraction of sp³-hybridized carbons (Fsp3) is 0.235. The third-order valence-corrected chi connectivity index (χ3v) is 5.64. The number of amides is 1. The molecule has 4 nitrogen and oxygen atoms in total. The van der Waals surface area contributed by atoms with E-state index in [9.17, 15) is 13.2 Å². The number of sulfone groups is 1. The minimum atomic E-state index is -3.21. The molecule has 0 spiro atoms. The van der Waals surface area contributed by atoms with E-state index in [1.54, 1.807) is 24.3 Å². The number of carbonyl (C=O) groups excluding carboxylic acids is 1. The second-order valence-electron chi connectivity index (χ2n) is 5.68. The van der Waals surface area contributed by atoms with Gasteiger partial charge in [0.25, 0.3) is 0 Å². The van der Waals surface area contributed by atoms with Crippen LogP contribution < -0.4 is 5.32 Å². The summed E-state index contributed by atoms with van der Waals surface area (Å²) in [4.78, 5) is 12.3. The van der Waals surface area contributed by atoms with Crippen LogP contribution in [0.1, 0.15) is 22.7 Å². The van der Waals surface area contributed by atoms with Crippen LogP contribution in [0.5, 0.6) is 0 Å². The quantitative estimate of drug-likeness (QED) is 0.926. The van der Waals surface area contributed by atoms with Crippen molar-refractivity contribution >= 4 is 27.3 Å². The van der Waals surface area contributed by atoms with Gasteiger partial charge in [-0.3, -0.25) is 4.79 Å². The molecule has 0 aromatic heterocycles. The summed E-state index contributed by atoms with van der Waals surface area (Å²) < 4.78 is 24.1. The minimum Gasteiger partial charge on any atom is -0.348 e. The average Bonchev–Trinajstić information content (AvgIpc) is 2.46. The van der Waals surface area contributed by atoms with Gasteiger partial charge in [-0.1, -0.05) is 48.0 Å². The van der Waals surface area contributed by atoms with E-state index >= 15 is 0 Å². The first-order chi connectivity index (χ1) is 10.9. The number of hydrogen-bond acceptors (Lipinski definition) is 3. The Morgan fingerprint density at radius 2 is 1.96 bits per heavy atom. The van der Waals surface area contributed by atoms with E-state index < -0.39 is 15.9 Å². The Labute approximate surface area is 140 Å². The third kappa shape index (κ3) is 3.92. The highest BCUT2D eigenvalue weighted by molar-refractivity contribution is 7.90. The molecule has 3 rings (SSSR count). The average molecular weight is 350 g/mol. The van der Waals surface area contributed by atoms with Gasteiger partial charge in [-0.2, -0.15) is 0 Å². The second kappa shape index (κ2) is 6.34. The highest BCUT2D eigenvalue weighted by atomic mass is 35.5. The first kappa shape index (κ1) is 16.0. The van der Waals surface area contributed by atoms with Crippen LogP contribution in [-0.2, 0) is 26.8 Å². The van der Waals surface area contributed by atoms with E-state index in [2.05, 4.69) is 5.32 Å². The van der Waals surface area contributed by atoms with Crippen molar-refractivity contribution in [3.05, 3.63) is 70.2 Å². The van der Waals surface area contributed by atoms with Gasteiger partial charge in [-0.05, 0) is 28.8 Å². The topological polar surface area (TPSA) is 63.2 Å². The summed E-state index contributed by atoms with van der Waals surface area (Å²) in [6, 6.07) is 13.9. The van der Waals surface area contributed by atoms with Gasteiger partial charge in [0, 0.05) is 5.02 Å². The van der Waals surface area contributed by atoms with Crippen molar-refractivity contribution in [1.29, 1.82) is 0 Å². The van der Waals surface area contributed by atoms with Crippen LogP contribution in [0.2, 0.25) is 5.02 Å². The Kier molecular flexibility index (Phi) is 4.41. The number of nitrogens with one attached hydrogen (secondary N) is 1. The standard InChI is InChI=1S/C17H16ClNO3S/c18-14-6-3-4-12(8-14)9-17(20)19-16-11-23(21,22)10-13-5-1-2-7-15(13)16/h1-8,16H,9-11H2,(H,19,20). The van der Waals surface area contributed by atoms with Gasteiger partial charge in [-0.15, -0.1) is 0 Å². The second-order valence-corrected chi connectivity index (χ2v) is 8.23. The fourth-order valence-electron chi connectivity index (χ4n) is 2.84. The molecule has 0 aliphatic carbocycles. The lowest BCUT2D eigenvalue weighted by Gasteiger charge is -2.26. The largest absolute Gasteiger partial charge is 0.348 e. The predicted octanol–water partition coefficient (Wildman–Crippen LogP) is 2.67. The Bertz CT molecular complexity index is 848. The van der Waals surface area contributed by atoms with Gasteiger partial charge < -0.3 is 5.32 Å². The van der Waals surface area contributed by atoms with Crippen molar-refractivity contribution in [3.8, 4) is 0 Å². The lowest BCUT2D eigenvalue weighted by molar-refractivity contribution is -0.121. The third-order valence-electron chi connectivity index (χ3n) is 3.82. The molecule has 0 bridgehead atoms. The summed E-state index contributed by atoms with van der Waals surface area (Å²) in [5, 5.41) is 3.41. The highest BCUT2D eigenvalue weighted by Crippen LogP contribution is 2.28. The molecule has 1 unspecified atom stereocenters. The Balaban J connectivity index is 1.78. The number of hydrogen-bond donors (Lipinski definition) is 1. The van der Waals surface area contributed by atoms with Crippen molar-refractivity contribution in [2.24, 2.45) is 0 Å². The van der Waals surface area contributed by atoms with E-state index in [0.717, 1.165) is 16.7 Å². The predicted molar refractivity (Wildman–Crippen MR) is 90.0 cm³/mol. The zero-order chi connectivity index (χ0) is 16.4. The molecule has 2 aromatic carbocycles. The Morgan fingerprint density at radius 1 is 1.17 bits per heavy atom. The van der Waals surface area contributed by atoms with Crippen molar-refractivity contribution in [2.75, 3.05) is 5.75 Å². The van der Waals surface area contributed by atoms with Gasteiger partial charge in [0.15, 0.2) is 9.84 Å². The van der Waals surface area contributed by atoms with Gasteiger partial charge in [0.05, 0.1) is 24.0 Å². The maximum absolute atomic E-state index is 12.3. The number of halogens is 1. The van der Waals surface area contributed by atoms with E-state index in [4.69, 9.17) is 11.6 Å². The maximum atomic E-state index is 12.3. The lowest BCUT2D eigenvalue weighted by Crippen LogP contribution is -2.37. The first-order valence-electron chi connectivity index (χ1n) is 7.25. The molecule has 0 fully saturated rings. The fourth-order valence-corrected chi connectivity index (χ4v) is 4.68. The summed E-state index contributed by atoms with van der Waals surface area (Å²) in [6.45, 7) is 0. The summed E-state index contributed by atoms with van der Waals surface area (Å²) in [5.74, 6) is -0.251. The molecule has 120 valence electrons. The number of carbonyl (C=O) groups is 1. The smallest absolute Gasteiger partial charge is 0.224 e. The van der Waals surface area contributed by atoms with Gasteiger partial charge in [-0.25, -0.2) is 8.42 Å². The van der Waals surface area contributed by atoms with Crippen molar-refractivity contribution in [1.82, 2.24) is 5.32 Å². The maximum Gasteiger partial charge on any atom is 0.224 e. The summed E-state index contributed by atoms with van der Waals surface area (Å²) in [7, 11) is -3.21. The molecular weight excluding hydrogens is 334 g/mol. The molecular formula is C17H16ClNO3S. The molecule has 0 radical (unpaired) electrons. The molecule has 6 heteroatoms. The van der Waals surface area contributed by atoms with E-state index in [-0.39, 0.29) is 23.8 Å². The molecule has 23 heavy (non-hydrogen) atoms. The van der Waals surface area contributed by atoms with Crippen LogP contribution in [0.4, 0.5) is 0 Å². The summed E-state index contributed by atoms with van der Waals surface area (Å²) in [5.41, 5.74) is 2.43. The first-order valence-corrected chi connectivity index (χ1v) is 9.45. The Hall–Kier alpha value is -1.85. The Morgan fingerprint density at radius 3 is 2.74 bits per heavy atom. The highest BCUT2D eigenvalue weighted by Gasteiger charge is 2.30. The van der Waals surface area contributed by atoms with Crippen LogP contribution >= 0.6 is 11.6 Å². The van der Waals surface area contributed by atoms with Crippen LogP contribution in [0, 0.1) is 0 Å². The van der Waals surface area contributed by atoms with E-state index in [0.29, 0.717) is 5.02 Å². The minimum absolute atomic E-state index is 0.0316. The monoisotopic (exact) mass is 349 g/mol. The van der Waals surface area contributed by atoms with Gasteiger partial charge >= 0.3 is 0 Å². The van der Waals surface area contributed by atoms with Gasteiger partial charge in [0.1, 0.15) is 0 Å². The summed E-state index contributed by atoms with van der Waals surface area (Å²) in [6.07, 6.45) is 0.166. The number of benzene rings is 2. The summed E-state index contributed by atoms with van der Waals surface area (Å²) >= 11 is 5.91. The molecule has 0 saturated carbocycles. The normalized spacial score (nSPS) is 18.9. The molecule has 1 aliphatic heterocycles. The zero-order valence-electron chi connectivity index (χ0n) is 12.3. The molecule has 1 heterocycles. The molecule has 1 amide bonds. The van der Waals surface area contributed by atoms with Crippen LogP contribution in [-0.4, -0.2) is 20.1 Å². The van der Waals surface area contributed by atoms with Crippen molar-refractivity contribution in [3.63, 3.8) is 0 Å². The number of fused-ring (bicyclic) bond motifs is 1. The SMILES string of the molecule is O=C(Cc1cccc(Cl)c1)NC1CS(=O)(=O)Cc2ccccc21. The lowest BCUT2D eigenvalue weighted by atomic mass is 10.0. The van der Waals surface area contributed by atoms with E-state index in [1.165, 1.54) is 0 Å². The van der Waals surface area contributed by atoms with E-state index in [1.807, 2.05) is 24.3 Å². The van der Waals surface area contributed by atoms with Gasteiger partial charge in [0.2, 0.25) is 5.91 Å². The van der Waals surface area contributed by atoms with Crippen molar-refractivity contribution in [2.45, 2.75) is 18.2 Å².